The van der Waals surface area contributed by atoms with E-state index in [2.05, 4.69) is 60.8 Å². The van der Waals surface area contributed by atoms with Crippen LogP contribution in [-0.2, 0) is 9.59 Å². The second kappa shape index (κ2) is 14.4. The third-order valence-corrected chi connectivity index (χ3v) is 8.55. The highest BCUT2D eigenvalue weighted by atomic mass is 32.2. The lowest BCUT2D eigenvalue weighted by Gasteiger charge is -2.18. The lowest BCUT2D eigenvalue weighted by atomic mass is 10.1. The molecule has 2 rings (SSSR count). The van der Waals surface area contributed by atoms with Crippen LogP contribution in [0.15, 0.2) is 60.7 Å². The Morgan fingerprint density at radius 3 is 2.03 bits per heavy atom. The lowest BCUT2D eigenvalue weighted by Crippen LogP contribution is -2.24. The van der Waals surface area contributed by atoms with Crippen LogP contribution in [0.4, 0.5) is 0 Å². The highest BCUT2D eigenvalue weighted by Crippen LogP contribution is 2.37. The molecular weight excluding hydrogens is 397 g/mol. The standard InChI is InChI=1S/C24H32NO2PS/c1-2-3-4-11-17-23(26)25-19-12-18-24(27)29-20-28(21-13-7-5-8-14-21)22-15-9-6-10-16-22/h5-10,13-16H,2-4,11-12,17-20H2,1H3,(H,25,26). The highest BCUT2D eigenvalue weighted by Gasteiger charge is 2.15. The Balaban J connectivity index is 1.71. The third kappa shape index (κ3) is 9.60. The van der Waals surface area contributed by atoms with Gasteiger partial charge in [0.25, 0.3) is 0 Å². The first-order valence-corrected chi connectivity index (χ1v) is 13.0. The number of unbranched alkanes of at least 4 members (excludes halogenated alkanes) is 3. The van der Waals surface area contributed by atoms with Crippen molar-refractivity contribution < 1.29 is 9.59 Å². The van der Waals surface area contributed by atoms with E-state index in [0.717, 1.165) is 18.3 Å². The minimum atomic E-state index is -0.550. The number of amides is 1. The maximum atomic E-state index is 12.4. The predicted octanol–water partition coefficient (Wildman–Crippen LogP) is 5.20. The summed E-state index contributed by atoms with van der Waals surface area (Å²) in [5, 5.41) is 5.74. The molecule has 0 aromatic heterocycles. The van der Waals surface area contributed by atoms with Gasteiger partial charge in [0.05, 0.1) is 0 Å². The molecule has 0 aliphatic carbocycles. The van der Waals surface area contributed by atoms with E-state index >= 15 is 0 Å². The molecule has 1 N–H and O–H groups in total. The van der Waals surface area contributed by atoms with Gasteiger partial charge in [0.2, 0.25) is 5.91 Å². The first-order valence-electron chi connectivity index (χ1n) is 10.5. The molecule has 5 heteroatoms. The summed E-state index contributed by atoms with van der Waals surface area (Å²) >= 11 is 1.43. The van der Waals surface area contributed by atoms with Crippen LogP contribution in [0.3, 0.4) is 0 Å². The lowest BCUT2D eigenvalue weighted by molar-refractivity contribution is -0.121. The molecule has 0 radical (unpaired) electrons. The molecule has 29 heavy (non-hydrogen) atoms. The second-order valence-corrected chi connectivity index (χ2v) is 10.7. The summed E-state index contributed by atoms with van der Waals surface area (Å²) in [6, 6.07) is 20.9. The van der Waals surface area contributed by atoms with Crippen LogP contribution in [0.5, 0.6) is 0 Å². The normalized spacial score (nSPS) is 10.8. The number of thioether (sulfide) groups is 1. The number of carbonyl (C=O) groups is 2. The zero-order chi connectivity index (χ0) is 20.7. The second-order valence-electron chi connectivity index (χ2n) is 7.01. The van der Waals surface area contributed by atoms with E-state index < -0.39 is 7.92 Å². The molecule has 0 fully saturated rings. The van der Waals surface area contributed by atoms with Gasteiger partial charge >= 0.3 is 0 Å². The topological polar surface area (TPSA) is 46.2 Å². The summed E-state index contributed by atoms with van der Waals surface area (Å²) in [5.41, 5.74) is 0.798. The molecule has 0 atom stereocenters. The van der Waals surface area contributed by atoms with Crippen molar-refractivity contribution in [2.24, 2.45) is 0 Å². The van der Waals surface area contributed by atoms with Gasteiger partial charge in [-0.05, 0) is 31.4 Å². The summed E-state index contributed by atoms with van der Waals surface area (Å²) in [6.45, 7) is 2.75. The average molecular weight is 430 g/mol. The Morgan fingerprint density at radius 2 is 1.45 bits per heavy atom. The maximum absolute atomic E-state index is 12.4. The van der Waals surface area contributed by atoms with Crippen molar-refractivity contribution in [1.82, 2.24) is 5.32 Å². The van der Waals surface area contributed by atoms with E-state index in [1.165, 1.54) is 35.2 Å². The van der Waals surface area contributed by atoms with Gasteiger partial charge in [-0.25, -0.2) is 0 Å². The van der Waals surface area contributed by atoms with Gasteiger partial charge in [-0.3, -0.25) is 9.59 Å². The molecule has 2 aromatic rings. The van der Waals surface area contributed by atoms with E-state index in [1.807, 2.05) is 12.1 Å². The summed E-state index contributed by atoms with van der Waals surface area (Å²) in [4.78, 5) is 24.1. The fourth-order valence-corrected chi connectivity index (χ4v) is 6.92. The first-order chi connectivity index (χ1) is 14.2. The van der Waals surface area contributed by atoms with Crippen LogP contribution in [0.1, 0.15) is 51.9 Å². The molecule has 0 spiro atoms. The predicted molar refractivity (Wildman–Crippen MR) is 128 cm³/mol. The van der Waals surface area contributed by atoms with E-state index in [0.29, 0.717) is 25.8 Å². The summed E-state index contributed by atoms with van der Waals surface area (Å²) in [6.07, 6.45) is 6.25. The number of rotatable bonds is 13. The monoisotopic (exact) mass is 429 g/mol. The number of hydrogen-bond donors (Lipinski definition) is 1. The Bertz CT molecular complexity index is 685. The number of benzene rings is 2. The van der Waals surface area contributed by atoms with Crippen molar-refractivity contribution >= 4 is 41.3 Å². The molecule has 2 aromatic carbocycles. The van der Waals surface area contributed by atoms with Crippen molar-refractivity contribution in [2.45, 2.75) is 51.9 Å². The van der Waals surface area contributed by atoms with Crippen LogP contribution in [0.25, 0.3) is 0 Å². The molecule has 0 aliphatic heterocycles. The molecule has 0 heterocycles. The zero-order valence-electron chi connectivity index (χ0n) is 17.3. The SMILES string of the molecule is CCCCCCC(=O)NCCCC(=O)SCP(c1ccccc1)c1ccccc1. The summed E-state index contributed by atoms with van der Waals surface area (Å²) in [7, 11) is -0.550. The van der Waals surface area contributed by atoms with Crippen LogP contribution >= 0.6 is 19.7 Å². The Labute approximate surface area is 180 Å². The molecule has 0 aliphatic rings. The molecule has 0 saturated carbocycles. The molecule has 156 valence electrons. The van der Waals surface area contributed by atoms with E-state index in [-0.39, 0.29) is 11.0 Å². The Kier molecular flexibility index (Phi) is 11.7. The minimum absolute atomic E-state index is 0.109. The van der Waals surface area contributed by atoms with Crippen LogP contribution in [0.2, 0.25) is 0 Å². The Morgan fingerprint density at radius 1 is 0.828 bits per heavy atom. The fraction of sp³-hybridized carbons (Fsp3) is 0.417. The Hall–Kier alpha value is -1.64. The molecular formula is C24H32NO2PS. The van der Waals surface area contributed by atoms with Gasteiger partial charge in [0.1, 0.15) is 0 Å². The number of nitrogens with one attached hydrogen (secondary N) is 1. The molecule has 0 bridgehead atoms. The van der Waals surface area contributed by atoms with E-state index in [1.54, 1.807) is 0 Å². The summed E-state index contributed by atoms with van der Waals surface area (Å²) < 4.78 is 0. The average Bonchev–Trinajstić information content (AvgIpc) is 2.76. The molecule has 0 unspecified atom stereocenters. The zero-order valence-corrected chi connectivity index (χ0v) is 19.0. The quantitative estimate of drug-likeness (QED) is 0.351. The van der Waals surface area contributed by atoms with Crippen molar-refractivity contribution in [3.63, 3.8) is 0 Å². The largest absolute Gasteiger partial charge is 0.356 e. The van der Waals surface area contributed by atoms with Crippen molar-refractivity contribution in [3.8, 4) is 0 Å². The summed E-state index contributed by atoms with van der Waals surface area (Å²) in [5.74, 6) is 0.109. The van der Waals surface area contributed by atoms with Gasteiger partial charge in [-0.2, -0.15) is 0 Å². The highest BCUT2D eigenvalue weighted by molar-refractivity contribution is 8.18. The molecule has 1 amide bonds. The third-order valence-electron chi connectivity index (χ3n) is 4.63. The number of carbonyl (C=O) groups excluding carboxylic acids is 2. The maximum Gasteiger partial charge on any atom is 0.219 e. The first kappa shape index (κ1) is 23.6. The smallest absolute Gasteiger partial charge is 0.219 e. The van der Waals surface area contributed by atoms with Gasteiger partial charge in [-0.15, -0.1) is 0 Å². The van der Waals surface area contributed by atoms with Crippen LogP contribution in [-0.4, -0.2) is 23.1 Å². The van der Waals surface area contributed by atoms with Crippen molar-refractivity contribution in [3.05, 3.63) is 60.7 Å². The molecule has 0 saturated heterocycles. The van der Waals surface area contributed by atoms with E-state index in [9.17, 15) is 9.59 Å². The molecule has 3 nitrogen and oxygen atoms in total. The fourth-order valence-electron chi connectivity index (χ4n) is 2.98. The van der Waals surface area contributed by atoms with Gasteiger partial charge < -0.3 is 5.32 Å². The van der Waals surface area contributed by atoms with E-state index in [4.69, 9.17) is 0 Å². The van der Waals surface area contributed by atoms with Crippen LogP contribution in [0, 0.1) is 0 Å². The van der Waals surface area contributed by atoms with Crippen molar-refractivity contribution in [1.29, 1.82) is 0 Å². The van der Waals surface area contributed by atoms with Crippen LogP contribution < -0.4 is 15.9 Å². The van der Waals surface area contributed by atoms with Crippen molar-refractivity contribution in [2.75, 3.05) is 12.0 Å². The minimum Gasteiger partial charge on any atom is -0.356 e. The van der Waals surface area contributed by atoms with Gasteiger partial charge in [-0.1, -0.05) is 98.6 Å². The van der Waals surface area contributed by atoms with Gasteiger partial charge in [0, 0.05) is 24.9 Å². The number of hydrogen-bond acceptors (Lipinski definition) is 3. The van der Waals surface area contributed by atoms with Gasteiger partial charge in [0.15, 0.2) is 5.12 Å².